The summed E-state index contributed by atoms with van der Waals surface area (Å²) in [4.78, 5) is 11.6. The summed E-state index contributed by atoms with van der Waals surface area (Å²) >= 11 is 0. The minimum absolute atomic E-state index is 0.0333. The average molecular weight is 256 g/mol. The molecular formula is C14H24O4. The van der Waals surface area contributed by atoms with Gasteiger partial charge in [0, 0.05) is 0 Å². The molecule has 0 aliphatic heterocycles. The minimum atomic E-state index is -0.863. The Kier molecular flexibility index (Phi) is 6.70. The molecule has 104 valence electrons. The number of aliphatic hydroxyl groups is 1. The first-order valence-electron chi connectivity index (χ1n) is 6.03. The highest BCUT2D eigenvalue weighted by Gasteiger charge is 2.27. The highest BCUT2D eigenvalue weighted by molar-refractivity contribution is 5.75. The number of rotatable bonds is 8. The third kappa shape index (κ3) is 5.87. The zero-order chi connectivity index (χ0) is 14.3. The number of carbonyl (C=O) groups excluding carboxylic acids is 1. The molecule has 0 spiro atoms. The Hall–Kier alpha value is -1.29. The lowest BCUT2D eigenvalue weighted by atomic mass is 9.91. The second kappa shape index (κ2) is 7.21. The minimum Gasteiger partial charge on any atom is -0.491 e. The van der Waals surface area contributed by atoms with E-state index in [0.29, 0.717) is 17.8 Å². The zero-order valence-corrected chi connectivity index (χ0v) is 11.8. The standard InChI is InChI=1S/C14H24O4/c1-7-14(5,6)13(16)18-9-12(15)8-17-11(4)10(2)3/h12,15H,2,4,7-9H2,1,3,5-6H3. The van der Waals surface area contributed by atoms with E-state index in [0.717, 1.165) is 0 Å². The van der Waals surface area contributed by atoms with Crippen LogP contribution in [-0.2, 0) is 14.3 Å². The Balaban J connectivity index is 3.98. The molecule has 0 aromatic carbocycles. The van der Waals surface area contributed by atoms with Gasteiger partial charge in [-0.05, 0) is 32.8 Å². The molecule has 0 aromatic rings. The fourth-order valence-electron chi connectivity index (χ4n) is 0.880. The number of aliphatic hydroxyl groups excluding tert-OH is 1. The lowest BCUT2D eigenvalue weighted by Crippen LogP contribution is -2.30. The summed E-state index contributed by atoms with van der Waals surface area (Å²) in [5.41, 5.74) is 0.174. The predicted molar refractivity (Wildman–Crippen MR) is 70.9 cm³/mol. The van der Waals surface area contributed by atoms with E-state index in [1.807, 2.05) is 6.92 Å². The second-order valence-electron chi connectivity index (χ2n) is 5.00. The van der Waals surface area contributed by atoms with Crippen LogP contribution in [0.1, 0.15) is 34.1 Å². The topological polar surface area (TPSA) is 55.8 Å². The smallest absolute Gasteiger partial charge is 0.311 e. The summed E-state index contributed by atoms with van der Waals surface area (Å²) in [5.74, 6) is 0.108. The van der Waals surface area contributed by atoms with Gasteiger partial charge in [-0.1, -0.05) is 20.1 Å². The van der Waals surface area contributed by atoms with Gasteiger partial charge in [0.05, 0.1) is 5.41 Å². The van der Waals surface area contributed by atoms with Gasteiger partial charge in [0.25, 0.3) is 0 Å². The van der Waals surface area contributed by atoms with Crippen molar-refractivity contribution >= 4 is 5.97 Å². The van der Waals surface area contributed by atoms with E-state index in [4.69, 9.17) is 9.47 Å². The van der Waals surface area contributed by atoms with Crippen molar-refractivity contribution in [1.82, 2.24) is 0 Å². The van der Waals surface area contributed by atoms with Crippen LogP contribution in [0.15, 0.2) is 24.5 Å². The van der Waals surface area contributed by atoms with E-state index >= 15 is 0 Å². The summed E-state index contributed by atoms with van der Waals surface area (Å²) in [7, 11) is 0. The Morgan fingerprint density at radius 1 is 1.28 bits per heavy atom. The maximum atomic E-state index is 11.6. The predicted octanol–water partition coefficient (Wildman–Crippen LogP) is 2.43. The van der Waals surface area contributed by atoms with Crippen LogP contribution < -0.4 is 0 Å². The van der Waals surface area contributed by atoms with Crippen LogP contribution in [0.4, 0.5) is 0 Å². The van der Waals surface area contributed by atoms with E-state index in [1.54, 1.807) is 20.8 Å². The molecule has 0 heterocycles. The highest BCUT2D eigenvalue weighted by atomic mass is 16.5. The molecule has 0 radical (unpaired) electrons. The fourth-order valence-corrected chi connectivity index (χ4v) is 0.880. The van der Waals surface area contributed by atoms with Gasteiger partial charge in [-0.2, -0.15) is 0 Å². The Bertz CT molecular complexity index is 318. The van der Waals surface area contributed by atoms with Gasteiger partial charge in [-0.3, -0.25) is 4.79 Å². The van der Waals surface area contributed by atoms with Crippen LogP contribution in [0, 0.1) is 5.41 Å². The van der Waals surface area contributed by atoms with Crippen LogP contribution >= 0.6 is 0 Å². The van der Waals surface area contributed by atoms with Gasteiger partial charge in [0.2, 0.25) is 0 Å². The molecule has 0 bridgehead atoms. The molecule has 4 heteroatoms. The molecule has 1 unspecified atom stereocenters. The Labute approximate surface area is 109 Å². The molecule has 0 aliphatic carbocycles. The first kappa shape index (κ1) is 16.7. The van der Waals surface area contributed by atoms with Gasteiger partial charge in [0.1, 0.15) is 25.1 Å². The Morgan fingerprint density at radius 3 is 2.22 bits per heavy atom. The van der Waals surface area contributed by atoms with Gasteiger partial charge in [-0.25, -0.2) is 0 Å². The van der Waals surface area contributed by atoms with E-state index in [1.165, 1.54) is 0 Å². The highest BCUT2D eigenvalue weighted by Crippen LogP contribution is 2.21. The van der Waals surface area contributed by atoms with Gasteiger partial charge >= 0.3 is 5.97 Å². The maximum absolute atomic E-state index is 11.6. The van der Waals surface area contributed by atoms with Gasteiger partial charge in [0.15, 0.2) is 0 Å². The van der Waals surface area contributed by atoms with Crippen molar-refractivity contribution in [3.8, 4) is 0 Å². The second-order valence-corrected chi connectivity index (χ2v) is 5.00. The molecule has 4 nitrogen and oxygen atoms in total. The molecule has 0 amide bonds. The largest absolute Gasteiger partial charge is 0.491 e. The third-order valence-electron chi connectivity index (χ3n) is 2.77. The van der Waals surface area contributed by atoms with Crippen molar-refractivity contribution in [2.45, 2.75) is 40.2 Å². The van der Waals surface area contributed by atoms with Crippen LogP contribution in [0.25, 0.3) is 0 Å². The number of esters is 1. The zero-order valence-electron chi connectivity index (χ0n) is 11.8. The number of ether oxygens (including phenoxy) is 2. The third-order valence-corrected chi connectivity index (χ3v) is 2.77. The van der Waals surface area contributed by atoms with Gasteiger partial charge < -0.3 is 14.6 Å². The monoisotopic (exact) mass is 256 g/mol. The number of carbonyl (C=O) groups is 1. The average Bonchev–Trinajstić information content (AvgIpc) is 2.32. The van der Waals surface area contributed by atoms with Crippen molar-refractivity contribution in [3.05, 3.63) is 24.5 Å². The lowest BCUT2D eigenvalue weighted by Gasteiger charge is -2.21. The van der Waals surface area contributed by atoms with E-state index in [9.17, 15) is 9.90 Å². The van der Waals surface area contributed by atoms with E-state index in [-0.39, 0.29) is 19.2 Å². The number of hydrogen-bond acceptors (Lipinski definition) is 4. The quantitative estimate of drug-likeness (QED) is 0.412. The maximum Gasteiger partial charge on any atom is 0.311 e. The van der Waals surface area contributed by atoms with Crippen molar-refractivity contribution in [2.24, 2.45) is 5.41 Å². The summed E-state index contributed by atoms with van der Waals surface area (Å²) in [6, 6.07) is 0. The molecule has 0 fully saturated rings. The Morgan fingerprint density at radius 2 is 1.78 bits per heavy atom. The molecular weight excluding hydrogens is 232 g/mol. The molecule has 0 aliphatic rings. The molecule has 0 saturated heterocycles. The molecule has 1 N–H and O–H groups in total. The van der Waals surface area contributed by atoms with Crippen LogP contribution in [-0.4, -0.2) is 30.4 Å². The number of hydrogen-bond donors (Lipinski definition) is 1. The lowest BCUT2D eigenvalue weighted by molar-refractivity contribution is -0.157. The summed E-state index contributed by atoms with van der Waals surface area (Å²) < 4.78 is 10.2. The van der Waals surface area contributed by atoms with Crippen molar-refractivity contribution in [1.29, 1.82) is 0 Å². The summed E-state index contributed by atoms with van der Waals surface area (Å²) in [6.45, 7) is 14.5. The van der Waals surface area contributed by atoms with Crippen LogP contribution in [0.3, 0.4) is 0 Å². The van der Waals surface area contributed by atoms with E-state index < -0.39 is 11.5 Å². The molecule has 18 heavy (non-hydrogen) atoms. The molecule has 1 atom stereocenters. The summed E-state index contributed by atoms with van der Waals surface area (Å²) in [6.07, 6.45) is -0.178. The number of allylic oxidation sites excluding steroid dienone is 1. The van der Waals surface area contributed by atoms with Crippen molar-refractivity contribution in [3.63, 3.8) is 0 Å². The van der Waals surface area contributed by atoms with Gasteiger partial charge in [-0.15, -0.1) is 0 Å². The van der Waals surface area contributed by atoms with Crippen LogP contribution in [0.2, 0.25) is 0 Å². The van der Waals surface area contributed by atoms with E-state index in [2.05, 4.69) is 13.2 Å². The fraction of sp³-hybridized carbons (Fsp3) is 0.643. The van der Waals surface area contributed by atoms with Crippen molar-refractivity contribution in [2.75, 3.05) is 13.2 Å². The molecule has 0 saturated carbocycles. The summed E-state index contributed by atoms with van der Waals surface area (Å²) in [5, 5.41) is 9.59. The first-order valence-corrected chi connectivity index (χ1v) is 6.03. The molecule has 0 rings (SSSR count). The molecule has 0 aromatic heterocycles. The first-order chi connectivity index (χ1) is 8.20. The normalized spacial score (nSPS) is 12.7. The van der Waals surface area contributed by atoms with Crippen LogP contribution in [0.5, 0.6) is 0 Å². The van der Waals surface area contributed by atoms with Crippen molar-refractivity contribution < 1.29 is 19.4 Å². The SMILES string of the molecule is C=C(C)C(=C)OCC(O)COC(=O)C(C)(C)CC.